The fraction of sp³-hybridized carbons (Fsp3) is 0.684. The quantitative estimate of drug-likeness (QED) is 0.158. The van der Waals surface area contributed by atoms with E-state index in [9.17, 15) is 24.9 Å². The zero-order valence-electron chi connectivity index (χ0n) is 17.6. The number of carbonyl (C=O) groups excluding carboxylic acids is 2. The van der Waals surface area contributed by atoms with Gasteiger partial charge in [-0.1, -0.05) is 38.8 Å². The van der Waals surface area contributed by atoms with Crippen molar-refractivity contribution in [1.82, 2.24) is 0 Å². The first-order valence-electron chi connectivity index (χ1n) is 9.65. The van der Waals surface area contributed by atoms with Crippen LogP contribution in [-0.2, 0) is 28.5 Å². The van der Waals surface area contributed by atoms with Crippen LogP contribution in [0.15, 0.2) is 17.9 Å². The van der Waals surface area contributed by atoms with Gasteiger partial charge in [-0.05, 0) is 52.1 Å². The molecule has 0 spiro atoms. The topological polar surface area (TPSA) is 132 Å². The molecular weight excluding hydrogens is 692 g/mol. The van der Waals surface area contributed by atoms with Gasteiger partial charge in [0.15, 0.2) is 12.6 Å². The molecule has 0 aliphatic heterocycles. The van der Waals surface area contributed by atoms with Gasteiger partial charge in [0, 0.05) is 17.9 Å². The molecule has 0 radical (unpaired) electrons. The summed E-state index contributed by atoms with van der Waals surface area (Å²) < 4.78 is 21.9. The minimum atomic E-state index is -1.88. The van der Waals surface area contributed by atoms with E-state index in [2.05, 4.69) is 63.7 Å². The lowest BCUT2D eigenvalue weighted by Crippen LogP contribution is -2.54. The number of allylic oxidation sites excluding steroid dienone is 2. The van der Waals surface area contributed by atoms with Crippen molar-refractivity contribution in [3.8, 4) is 0 Å². The maximum absolute atomic E-state index is 13.4. The summed E-state index contributed by atoms with van der Waals surface area (Å²) in [4.78, 5) is 26.5. The van der Waals surface area contributed by atoms with Crippen LogP contribution in [0.3, 0.4) is 0 Å². The van der Waals surface area contributed by atoms with Crippen molar-refractivity contribution < 1.29 is 43.9 Å². The van der Waals surface area contributed by atoms with Crippen molar-refractivity contribution in [3.63, 3.8) is 0 Å². The predicted octanol–water partition coefficient (Wildman–Crippen LogP) is 3.17. The summed E-state index contributed by atoms with van der Waals surface area (Å²) in [7, 11) is 0. The number of aliphatic hydroxyl groups is 3. The van der Waals surface area contributed by atoms with Gasteiger partial charge in [-0.25, -0.2) is 0 Å². The van der Waals surface area contributed by atoms with E-state index < -0.39 is 42.0 Å². The molecule has 5 unspecified atom stereocenters. The second-order valence-electron chi connectivity index (χ2n) is 6.76. The third-order valence-corrected chi connectivity index (χ3v) is 9.63. The number of esters is 2. The Kier molecular flexibility index (Phi) is 13.1. The molecule has 0 aromatic carbocycles. The highest BCUT2D eigenvalue weighted by molar-refractivity contribution is 9.17. The number of halogens is 4. The van der Waals surface area contributed by atoms with Crippen molar-refractivity contribution in [3.05, 3.63) is 17.9 Å². The van der Waals surface area contributed by atoms with Crippen LogP contribution >= 0.6 is 63.7 Å². The Balaban J connectivity index is 3.35. The van der Waals surface area contributed by atoms with Crippen LogP contribution in [0.4, 0.5) is 0 Å². The molecule has 0 amide bonds. The number of aliphatic hydroxyl groups excluding tert-OH is 3. The molecule has 13 heteroatoms. The molecule has 0 aromatic rings. The molecule has 32 heavy (non-hydrogen) atoms. The van der Waals surface area contributed by atoms with Crippen molar-refractivity contribution in [2.45, 2.75) is 45.9 Å². The minimum absolute atomic E-state index is 0.0657. The molecular formula is C19H26Br4O9. The molecule has 1 aliphatic carbocycles. The maximum Gasteiger partial charge on any atom is 0.321 e. The van der Waals surface area contributed by atoms with E-state index in [1.165, 1.54) is 13.8 Å². The van der Waals surface area contributed by atoms with Gasteiger partial charge in [-0.15, -0.1) is 0 Å². The Hall–Kier alpha value is 0.140. The Bertz CT molecular complexity index is 738. The number of ether oxygens (including phenoxy) is 4. The third kappa shape index (κ3) is 7.08. The normalized spacial score (nSPS) is 24.2. The third-order valence-electron chi connectivity index (χ3n) is 4.52. The van der Waals surface area contributed by atoms with E-state index in [1.807, 2.05) is 0 Å². The molecule has 0 aromatic heterocycles. The second kappa shape index (κ2) is 13.9. The monoisotopic (exact) mass is 714 g/mol. The van der Waals surface area contributed by atoms with Crippen LogP contribution in [0.25, 0.3) is 0 Å². The second-order valence-corrected chi connectivity index (χ2v) is 9.99. The number of carbonyl (C=O) groups is 2. The van der Waals surface area contributed by atoms with Crippen molar-refractivity contribution in [2.24, 2.45) is 11.3 Å². The highest BCUT2D eigenvalue weighted by Gasteiger charge is 2.61. The Morgan fingerprint density at radius 3 is 1.88 bits per heavy atom. The smallest absolute Gasteiger partial charge is 0.321 e. The first-order valence-corrected chi connectivity index (χ1v) is 12.8. The molecule has 9 nitrogen and oxygen atoms in total. The number of hydrogen-bond acceptors (Lipinski definition) is 9. The standard InChI is InChI=1S/C19H26Br4O9/c1-4-11(26)19(18(28)32-8-6-30-10(3)25)12(13(20)14(21)15(22)16(19)23)17(27)31-7-5-29-9(2)24/h9-12,24-26H,4-8H2,1-3H3. The highest BCUT2D eigenvalue weighted by atomic mass is 79.9. The number of hydrogen-bond donors (Lipinski definition) is 3. The van der Waals surface area contributed by atoms with Gasteiger partial charge in [-0.2, -0.15) is 0 Å². The first kappa shape index (κ1) is 30.2. The summed E-state index contributed by atoms with van der Waals surface area (Å²) in [5, 5.41) is 29.4. The molecule has 0 fully saturated rings. The van der Waals surface area contributed by atoms with Crippen LogP contribution in [0.1, 0.15) is 27.2 Å². The molecule has 0 bridgehead atoms. The molecule has 0 heterocycles. The zero-order chi connectivity index (χ0) is 24.6. The lowest BCUT2D eigenvalue weighted by molar-refractivity contribution is -0.176. The summed E-state index contributed by atoms with van der Waals surface area (Å²) in [6.45, 7) is 3.93. The largest absolute Gasteiger partial charge is 0.463 e. The lowest BCUT2D eigenvalue weighted by Gasteiger charge is -2.43. The summed E-state index contributed by atoms with van der Waals surface area (Å²) in [5.74, 6) is -3.01. The Morgan fingerprint density at radius 2 is 1.41 bits per heavy atom. The summed E-state index contributed by atoms with van der Waals surface area (Å²) in [5.41, 5.74) is -1.88. The van der Waals surface area contributed by atoms with Gasteiger partial charge in [0.05, 0.1) is 19.3 Å². The van der Waals surface area contributed by atoms with Crippen molar-refractivity contribution in [2.75, 3.05) is 26.4 Å². The van der Waals surface area contributed by atoms with E-state index in [1.54, 1.807) is 6.92 Å². The van der Waals surface area contributed by atoms with E-state index in [0.717, 1.165) is 0 Å². The molecule has 1 aliphatic rings. The van der Waals surface area contributed by atoms with Gasteiger partial charge < -0.3 is 34.3 Å². The van der Waals surface area contributed by atoms with Crippen molar-refractivity contribution in [1.29, 1.82) is 0 Å². The Labute approximate surface area is 220 Å². The van der Waals surface area contributed by atoms with E-state index in [-0.39, 0.29) is 41.8 Å². The Morgan fingerprint density at radius 1 is 0.906 bits per heavy atom. The molecule has 1 rings (SSSR count). The predicted molar refractivity (Wildman–Crippen MR) is 129 cm³/mol. The van der Waals surface area contributed by atoms with Gasteiger partial charge in [0.25, 0.3) is 0 Å². The summed E-state index contributed by atoms with van der Waals surface area (Å²) >= 11 is 13.5. The van der Waals surface area contributed by atoms with Crippen molar-refractivity contribution >= 4 is 75.7 Å². The van der Waals surface area contributed by atoms with Crippen LogP contribution in [0, 0.1) is 11.3 Å². The maximum atomic E-state index is 13.4. The summed E-state index contributed by atoms with van der Waals surface area (Å²) in [6, 6.07) is 0. The van der Waals surface area contributed by atoms with E-state index >= 15 is 0 Å². The van der Waals surface area contributed by atoms with E-state index in [4.69, 9.17) is 18.9 Å². The van der Waals surface area contributed by atoms with Crippen LogP contribution < -0.4 is 0 Å². The molecule has 0 saturated carbocycles. The van der Waals surface area contributed by atoms with Gasteiger partial charge in [-0.3, -0.25) is 9.59 Å². The van der Waals surface area contributed by atoms with Gasteiger partial charge in [0.2, 0.25) is 0 Å². The number of rotatable bonds is 12. The fourth-order valence-electron chi connectivity index (χ4n) is 3.05. The average molecular weight is 718 g/mol. The van der Waals surface area contributed by atoms with Crippen LogP contribution in [0.5, 0.6) is 0 Å². The van der Waals surface area contributed by atoms with Crippen LogP contribution in [-0.4, -0.2) is 72.4 Å². The highest BCUT2D eigenvalue weighted by Crippen LogP contribution is 2.58. The molecule has 0 saturated heterocycles. The summed E-state index contributed by atoms with van der Waals surface area (Å²) in [6.07, 6.45) is -3.30. The van der Waals surface area contributed by atoms with Gasteiger partial charge in [0.1, 0.15) is 24.5 Å². The van der Waals surface area contributed by atoms with Crippen LogP contribution in [0.2, 0.25) is 0 Å². The van der Waals surface area contributed by atoms with E-state index in [0.29, 0.717) is 8.96 Å². The minimum Gasteiger partial charge on any atom is -0.463 e. The molecule has 5 atom stereocenters. The SMILES string of the molecule is CCC(O)C1(C(=O)OCCOC(C)O)C(Br)=C(Br)C(Br)=C(Br)C1C(=O)OCCOC(C)O. The lowest BCUT2D eigenvalue weighted by atomic mass is 9.67. The fourth-order valence-corrected chi connectivity index (χ4v) is 6.15. The average Bonchev–Trinajstić information content (AvgIpc) is 2.73. The zero-order valence-corrected chi connectivity index (χ0v) is 24.0. The molecule has 184 valence electrons. The molecule has 3 N–H and O–H groups in total. The first-order chi connectivity index (χ1) is 14.9. The van der Waals surface area contributed by atoms with Gasteiger partial charge >= 0.3 is 11.9 Å².